The number of methoxy groups -OCH3 is 1. The van der Waals surface area contributed by atoms with Crippen molar-refractivity contribution in [3.05, 3.63) is 68.1 Å². The Hall–Kier alpha value is -1.94. The topological polar surface area (TPSA) is 77.5 Å². The summed E-state index contributed by atoms with van der Waals surface area (Å²) in [7, 11) is -2.48. The van der Waals surface area contributed by atoms with E-state index in [0.29, 0.717) is 27.0 Å². The van der Waals surface area contributed by atoms with Crippen LogP contribution in [-0.4, -0.2) is 20.5 Å². The van der Waals surface area contributed by atoms with Gasteiger partial charge in [-0.2, -0.15) is 4.98 Å². The smallest absolute Gasteiger partial charge is 0.280 e. The van der Waals surface area contributed by atoms with Crippen LogP contribution in [0.2, 0.25) is 20.1 Å². The summed E-state index contributed by atoms with van der Waals surface area (Å²) in [5.74, 6) is 0.747. The van der Waals surface area contributed by atoms with Gasteiger partial charge in [0.05, 0.1) is 32.6 Å². The van der Waals surface area contributed by atoms with Gasteiger partial charge in [0.15, 0.2) is 5.75 Å². The number of nitrogens with one attached hydrogen (secondary N) is 1. The molecule has 0 fully saturated rings. The van der Waals surface area contributed by atoms with Crippen molar-refractivity contribution in [1.29, 1.82) is 0 Å². The minimum atomic E-state index is -4.04. The first-order valence-corrected chi connectivity index (χ1v) is 13.0. The molecule has 1 aromatic heterocycles. The molecule has 4 aromatic rings. The molecule has 3 aromatic carbocycles. The number of nitrogens with zero attached hydrogens (tertiary/aromatic N) is 1. The highest BCUT2D eigenvalue weighted by atomic mass is 35.5. The van der Waals surface area contributed by atoms with Gasteiger partial charge in [-0.3, -0.25) is 4.72 Å². The van der Waals surface area contributed by atoms with E-state index in [1.54, 1.807) is 20.1 Å². The van der Waals surface area contributed by atoms with E-state index in [4.69, 9.17) is 55.9 Å². The molecule has 0 atom stereocenters. The first kappa shape index (κ1) is 24.2. The van der Waals surface area contributed by atoms with Crippen molar-refractivity contribution in [1.82, 2.24) is 4.98 Å². The SMILES string of the molecule is COc1cccc2sc(Oc3c(Cl)cc(NS(=O)(=O)c4cc(C)c(Cl)cc4Cl)cc3Cl)nc12. The molecule has 0 radical (unpaired) electrons. The Balaban J connectivity index is 1.63. The summed E-state index contributed by atoms with van der Waals surface area (Å²) in [4.78, 5) is 4.30. The van der Waals surface area contributed by atoms with E-state index in [1.165, 1.54) is 35.6 Å². The number of para-hydroxylation sites is 1. The first-order valence-electron chi connectivity index (χ1n) is 9.18. The molecule has 0 saturated heterocycles. The number of halogens is 4. The van der Waals surface area contributed by atoms with Crippen LogP contribution in [0.1, 0.15) is 5.56 Å². The van der Waals surface area contributed by atoms with E-state index in [9.17, 15) is 8.42 Å². The number of fused-ring (bicyclic) bond motifs is 1. The number of hydrogen-bond acceptors (Lipinski definition) is 6. The summed E-state index contributed by atoms with van der Waals surface area (Å²) < 4.78 is 40.1. The maximum Gasteiger partial charge on any atom is 0.280 e. The van der Waals surface area contributed by atoms with Crippen LogP contribution in [0.15, 0.2) is 47.4 Å². The number of rotatable bonds is 6. The van der Waals surface area contributed by atoms with E-state index >= 15 is 0 Å². The van der Waals surface area contributed by atoms with E-state index in [2.05, 4.69) is 9.71 Å². The Morgan fingerprint density at radius 3 is 2.33 bits per heavy atom. The maximum atomic E-state index is 12.9. The van der Waals surface area contributed by atoms with Crippen LogP contribution in [0.5, 0.6) is 16.7 Å². The summed E-state index contributed by atoms with van der Waals surface area (Å²) in [5.41, 5.74) is 1.34. The summed E-state index contributed by atoms with van der Waals surface area (Å²) in [5, 5.41) is 0.824. The molecule has 0 amide bonds. The van der Waals surface area contributed by atoms with Gasteiger partial charge in [0.2, 0.25) is 0 Å². The fourth-order valence-electron chi connectivity index (χ4n) is 2.96. The average Bonchev–Trinajstić information content (AvgIpc) is 3.15. The number of aryl methyl sites for hydroxylation is 1. The second-order valence-electron chi connectivity index (χ2n) is 6.80. The lowest BCUT2D eigenvalue weighted by Crippen LogP contribution is -2.14. The Bertz CT molecular complexity index is 1470. The molecule has 6 nitrogen and oxygen atoms in total. The molecule has 4 rings (SSSR count). The third kappa shape index (κ3) is 4.96. The minimum absolute atomic E-state index is 0.0125. The van der Waals surface area contributed by atoms with Gasteiger partial charge in [0.1, 0.15) is 16.2 Å². The lowest BCUT2D eigenvalue weighted by atomic mass is 10.2. The van der Waals surface area contributed by atoms with Crippen molar-refractivity contribution in [2.45, 2.75) is 11.8 Å². The van der Waals surface area contributed by atoms with Gasteiger partial charge in [-0.25, -0.2) is 8.42 Å². The molecule has 0 aliphatic heterocycles. The monoisotopic (exact) mass is 562 g/mol. The number of hydrogen-bond donors (Lipinski definition) is 1. The third-order valence-electron chi connectivity index (χ3n) is 4.52. The van der Waals surface area contributed by atoms with Crippen molar-refractivity contribution in [3.63, 3.8) is 0 Å². The van der Waals surface area contributed by atoms with Gasteiger partial charge in [0.25, 0.3) is 15.2 Å². The van der Waals surface area contributed by atoms with E-state index in [-0.39, 0.29) is 31.4 Å². The van der Waals surface area contributed by atoms with Crippen LogP contribution < -0.4 is 14.2 Å². The molecular weight excluding hydrogens is 550 g/mol. The zero-order valence-electron chi connectivity index (χ0n) is 17.0. The predicted molar refractivity (Wildman–Crippen MR) is 135 cm³/mol. The number of anilines is 1. The fraction of sp³-hybridized carbons (Fsp3) is 0.0952. The quantitative estimate of drug-likeness (QED) is 0.259. The average molecular weight is 564 g/mol. The molecule has 0 aliphatic carbocycles. The van der Waals surface area contributed by atoms with Crippen LogP contribution in [0.3, 0.4) is 0 Å². The van der Waals surface area contributed by atoms with Crippen molar-refractivity contribution in [2.24, 2.45) is 0 Å². The number of ether oxygens (including phenoxy) is 2. The van der Waals surface area contributed by atoms with Gasteiger partial charge in [-0.1, -0.05) is 63.8 Å². The highest BCUT2D eigenvalue weighted by molar-refractivity contribution is 7.92. The lowest BCUT2D eigenvalue weighted by Gasteiger charge is -2.13. The van der Waals surface area contributed by atoms with Gasteiger partial charge >= 0.3 is 0 Å². The molecule has 1 heterocycles. The zero-order chi connectivity index (χ0) is 23.9. The van der Waals surface area contributed by atoms with Crippen LogP contribution in [-0.2, 0) is 10.0 Å². The Morgan fingerprint density at radius 1 is 0.970 bits per heavy atom. The summed E-state index contributed by atoms with van der Waals surface area (Å²) in [6, 6.07) is 11.0. The van der Waals surface area contributed by atoms with Crippen molar-refractivity contribution < 1.29 is 17.9 Å². The first-order chi connectivity index (χ1) is 15.6. The number of benzene rings is 3. The molecular formula is C21H14Cl4N2O4S2. The van der Waals surface area contributed by atoms with Gasteiger partial charge in [-0.15, -0.1) is 0 Å². The molecule has 0 unspecified atom stereocenters. The molecule has 0 bridgehead atoms. The fourth-order valence-corrected chi connectivity index (χ4v) is 6.24. The number of sulfonamides is 1. The Labute approximate surface area is 214 Å². The van der Waals surface area contributed by atoms with Gasteiger partial charge in [-0.05, 0) is 48.9 Å². The number of thiazole rings is 1. The molecule has 172 valence electrons. The van der Waals surface area contributed by atoms with Crippen molar-refractivity contribution >= 4 is 83.7 Å². The lowest BCUT2D eigenvalue weighted by molar-refractivity contribution is 0.418. The van der Waals surface area contributed by atoms with Crippen molar-refractivity contribution in [3.8, 4) is 16.7 Å². The minimum Gasteiger partial charge on any atom is -0.494 e. The third-order valence-corrected chi connectivity index (χ3v) is 8.24. The van der Waals surface area contributed by atoms with Gasteiger partial charge in [0, 0.05) is 5.02 Å². The molecule has 12 heteroatoms. The summed E-state index contributed by atoms with van der Waals surface area (Å²) in [6.07, 6.45) is 0. The van der Waals surface area contributed by atoms with Gasteiger partial charge < -0.3 is 9.47 Å². The zero-order valence-corrected chi connectivity index (χ0v) is 21.6. The second-order valence-corrected chi connectivity index (χ2v) is 11.1. The highest BCUT2D eigenvalue weighted by Crippen LogP contribution is 2.42. The van der Waals surface area contributed by atoms with Crippen LogP contribution in [0, 0.1) is 6.92 Å². The molecule has 0 spiro atoms. The largest absolute Gasteiger partial charge is 0.494 e. The summed E-state index contributed by atoms with van der Waals surface area (Å²) >= 11 is 26.1. The van der Waals surface area contributed by atoms with Crippen LogP contribution >= 0.6 is 57.7 Å². The second kappa shape index (κ2) is 9.37. The predicted octanol–water partition coefficient (Wildman–Crippen LogP) is 7.82. The molecule has 0 aliphatic rings. The van der Waals surface area contributed by atoms with E-state index in [0.717, 1.165) is 4.70 Å². The van der Waals surface area contributed by atoms with E-state index < -0.39 is 10.0 Å². The van der Waals surface area contributed by atoms with Crippen LogP contribution in [0.4, 0.5) is 5.69 Å². The van der Waals surface area contributed by atoms with Crippen molar-refractivity contribution in [2.75, 3.05) is 11.8 Å². The highest BCUT2D eigenvalue weighted by Gasteiger charge is 2.22. The molecule has 1 N–H and O–H groups in total. The maximum absolute atomic E-state index is 12.9. The van der Waals surface area contributed by atoms with E-state index in [1.807, 2.05) is 12.1 Å². The summed E-state index contributed by atoms with van der Waals surface area (Å²) in [6.45, 7) is 1.68. The Morgan fingerprint density at radius 2 is 1.67 bits per heavy atom. The standard InChI is InChI=1S/C21H14Cl4N2O4S2/c1-10-6-18(13(23)9-12(10)22)33(28,29)27-11-7-14(24)20(15(25)8-11)31-21-26-19-16(30-2)4-3-5-17(19)32-21/h3-9,27H,1-2H3. The molecule has 33 heavy (non-hydrogen) atoms. The Kier molecular flexibility index (Phi) is 6.87. The normalized spacial score (nSPS) is 11.6. The van der Waals surface area contributed by atoms with Crippen LogP contribution in [0.25, 0.3) is 10.2 Å². The molecule has 0 saturated carbocycles. The number of aromatic nitrogens is 1.